The van der Waals surface area contributed by atoms with Gasteiger partial charge < -0.3 is 14.6 Å². The number of aromatic nitrogens is 2. The summed E-state index contributed by atoms with van der Waals surface area (Å²) in [4.78, 5) is 21.1. The average Bonchev–Trinajstić information content (AvgIpc) is 2.26. The zero-order chi connectivity index (χ0) is 13.3. The Balaban J connectivity index is 2.29. The summed E-state index contributed by atoms with van der Waals surface area (Å²) in [5, 5.41) is 0. The van der Waals surface area contributed by atoms with Crippen molar-refractivity contribution >= 4 is 5.82 Å². The molecule has 5 heteroatoms. The number of anilines is 1. The highest BCUT2D eigenvalue weighted by molar-refractivity contribution is 5.38. The first-order valence-corrected chi connectivity index (χ1v) is 6.47. The molecule has 0 aromatic carbocycles. The maximum absolute atomic E-state index is 11.7. The second-order valence-electron chi connectivity index (χ2n) is 5.31. The van der Waals surface area contributed by atoms with Crippen molar-refractivity contribution in [1.82, 2.24) is 9.97 Å². The fourth-order valence-electron chi connectivity index (χ4n) is 2.26. The van der Waals surface area contributed by atoms with Gasteiger partial charge in [-0.15, -0.1) is 0 Å². The smallest absolute Gasteiger partial charge is 0.252 e. The minimum Gasteiger partial charge on any atom is -0.372 e. The third kappa shape index (κ3) is 2.90. The Morgan fingerprint density at radius 1 is 1.39 bits per heavy atom. The van der Waals surface area contributed by atoms with Gasteiger partial charge in [-0.1, -0.05) is 13.8 Å². The summed E-state index contributed by atoms with van der Waals surface area (Å²) in [5.41, 5.74) is -0.0875. The Kier molecular flexibility index (Phi) is 3.71. The lowest BCUT2D eigenvalue weighted by molar-refractivity contribution is -0.00548. The van der Waals surface area contributed by atoms with Crippen LogP contribution in [0, 0.1) is 0 Å². The maximum atomic E-state index is 11.7. The Hall–Kier alpha value is -1.36. The van der Waals surface area contributed by atoms with Gasteiger partial charge in [-0.05, 0) is 13.8 Å². The van der Waals surface area contributed by atoms with E-state index in [1.165, 1.54) is 0 Å². The van der Waals surface area contributed by atoms with E-state index >= 15 is 0 Å². The van der Waals surface area contributed by atoms with Gasteiger partial charge in [0.2, 0.25) is 0 Å². The van der Waals surface area contributed by atoms with Crippen molar-refractivity contribution in [3.63, 3.8) is 0 Å². The molecule has 0 unspecified atom stereocenters. The Morgan fingerprint density at radius 2 is 2.00 bits per heavy atom. The van der Waals surface area contributed by atoms with Crippen LogP contribution in [-0.4, -0.2) is 35.3 Å². The number of hydrogen-bond acceptors (Lipinski definition) is 4. The van der Waals surface area contributed by atoms with Crippen LogP contribution in [0.2, 0.25) is 0 Å². The molecule has 2 rings (SSSR count). The van der Waals surface area contributed by atoms with Gasteiger partial charge in [-0.3, -0.25) is 4.79 Å². The number of aromatic amines is 1. The summed E-state index contributed by atoms with van der Waals surface area (Å²) in [6, 6.07) is 1.57. The quantitative estimate of drug-likeness (QED) is 0.865. The molecular weight excluding hydrogens is 230 g/mol. The van der Waals surface area contributed by atoms with Crippen LogP contribution in [0.15, 0.2) is 10.9 Å². The molecule has 1 fully saturated rings. The second kappa shape index (κ2) is 5.10. The molecule has 18 heavy (non-hydrogen) atoms. The van der Waals surface area contributed by atoms with Crippen molar-refractivity contribution in [2.45, 2.75) is 45.8 Å². The zero-order valence-electron chi connectivity index (χ0n) is 11.4. The monoisotopic (exact) mass is 251 g/mol. The van der Waals surface area contributed by atoms with Crippen molar-refractivity contribution in [2.24, 2.45) is 0 Å². The van der Waals surface area contributed by atoms with Crippen LogP contribution >= 0.6 is 0 Å². The molecule has 0 spiro atoms. The molecule has 1 aromatic heterocycles. The number of ether oxygens (including phenoxy) is 1. The summed E-state index contributed by atoms with van der Waals surface area (Å²) < 4.78 is 5.69. The van der Waals surface area contributed by atoms with Gasteiger partial charge in [0.15, 0.2) is 0 Å². The summed E-state index contributed by atoms with van der Waals surface area (Å²) in [6.45, 7) is 9.67. The molecule has 1 aromatic rings. The van der Waals surface area contributed by atoms with E-state index in [4.69, 9.17) is 4.74 Å². The lowest BCUT2D eigenvalue weighted by Crippen LogP contribution is -2.46. The first-order valence-electron chi connectivity index (χ1n) is 6.47. The average molecular weight is 251 g/mol. The van der Waals surface area contributed by atoms with E-state index in [1.54, 1.807) is 6.07 Å². The van der Waals surface area contributed by atoms with E-state index in [0.717, 1.165) is 24.7 Å². The van der Waals surface area contributed by atoms with Crippen LogP contribution < -0.4 is 10.5 Å². The van der Waals surface area contributed by atoms with Gasteiger partial charge in [0.05, 0.1) is 12.2 Å². The van der Waals surface area contributed by atoms with Gasteiger partial charge in [-0.2, -0.15) is 0 Å². The highest BCUT2D eigenvalue weighted by atomic mass is 16.5. The molecule has 0 aliphatic carbocycles. The minimum atomic E-state index is -0.0875. The van der Waals surface area contributed by atoms with Gasteiger partial charge in [0.25, 0.3) is 5.56 Å². The standard InChI is InChI=1S/C13H21N3O2/c1-8(2)13-14-11(5-12(17)15-13)16-6-9(3)18-10(4)7-16/h5,8-10H,6-7H2,1-4H3,(H,14,15,17)/t9-,10+. The summed E-state index contributed by atoms with van der Waals surface area (Å²) in [6.07, 6.45) is 0.328. The highest BCUT2D eigenvalue weighted by Gasteiger charge is 2.23. The van der Waals surface area contributed by atoms with Crippen LogP contribution in [0.25, 0.3) is 0 Å². The molecule has 5 nitrogen and oxygen atoms in total. The lowest BCUT2D eigenvalue weighted by Gasteiger charge is -2.36. The highest BCUT2D eigenvalue weighted by Crippen LogP contribution is 2.18. The van der Waals surface area contributed by atoms with E-state index in [2.05, 4.69) is 14.9 Å². The maximum Gasteiger partial charge on any atom is 0.252 e. The molecule has 1 saturated heterocycles. The van der Waals surface area contributed by atoms with E-state index < -0.39 is 0 Å². The van der Waals surface area contributed by atoms with Crippen LogP contribution in [0.3, 0.4) is 0 Å². The molecule has 0 saturated carbocycles. The number of nitrogens with one attached hydrogen (secondary N) is 1. The van der Waals surface area contributed by atoms with E-state index in [9.17, 15) is 4.79 Å². The number of nitrogens with zero attached hydrogens (tertiary/aromatic N) is 2. The molecule has 1 aliphatic heterocycles. The summed E-state index contributed by atoms with van der Waals surface area (Å²) >= 11 is 0. The van der Waals surface area contributed by atoms with Crippen molar-refractivity contribution in [3.8, 4) is 0 Å². The summed E-state index contributed by atoms with van der Waals surface area (Å²) in [7, 11) is 0. The van der Waals surface area contributed by atoms with Crippen LogP contribution in [0.4, 0.5) is 5.82 Å². The van der Waals surface area contributed by atoms with Crippen molar-refractivity contribution in [3.05, 3.63) is 22.2 Å². The second-order valence-corrected chi connectivity index (χ2v) is 5.31. The third-order valence-electron chi connectivity index (χ3n) is 3.04. The minimum absolute atomic E-state index is 0.0875. The summed E-state index contributed by atoms with van der Waals surface area (Å²) in [5.74, 6) is 1.71. The van der Waals surface area contributed by atoms with Gasteiger partial charge >= 0.3 is 0 Å². The normalized spacial score (nSPS) is 24.6. The third-order valence-corrected chi connectivity index (χ3v) is 3.04. The number of hydrogen-bond donors (Lipinski definition) is 1. The van der Waals surface area contributed by atoms with Crippen molar-refractivity contribution in [1.29, 1.82) is 0 Å². The number of rotatable bonds is 2. The molecule has 100 valence electrons. The van der Waals surface area contributed by atoms with Gasteiger partial charge in [0, 0.05) is 25.1 Å². The Labute approximate surface area is 107 Å². The molecule has 0 bridgehead atoms. The molecule has 0 radical (unpaired) electrons. The Bertz CT molecular complexity index is 460. The van der Waals surface area contributed by atoms with Gasteiger partial charge in [0.1, 0.15) is 11.6 Å². The molecule has 1 aliphatic rings. The van der Waals surface area contributed by atoms with Crippen molar-refractivity contribution < 1.29 is 4.74 Å². The topological polar surface area (TPSA) is 58.2 Å². The zero-order valence-corrected chi connectivity index (χ0v) is 11.4. The molecule has 0 amide bonds. The molecule has 2 heterocycles. The molecular formula is C13H21N3O2. The molecule has 2 atom stereocenters. The fraction of sp³-hybridized carbons (Fsp3) is 0.692. The predicted octanol–water partition coefficient (Wildman–Crippen LogP) is 1.51. The number of H-pyrrole nitrogens is 1. The van der Waals surface area contributed by atoms with Crippen LogP contribution in [0.5, 0.6) is 0 Å². The Morgan fingerprint density at radius 3 is 2.56 bits per heavy atom. The first kappa shape index (κ1) is 13.1. The predicted molar refractivity (Wildman–Crippen MR) is 71.2 cm³/mol. The fourth-order valence-corrected chi connectivity index (χ4v) is 2.26. The number of morpholine rings is 1. The first-order chi connectivity index (χ1) is 8.45. The largest absolute Gasteiger partial charge is 0.372 e. The van der Waals surface area contributed by atoms with E-state index in [-0.39, 0.29) is 23.7 Å². The van der Waals surface area contributed by atoms with E-state index in [0.29, 0.717) is 0 Å². The van der Waals surface area contributed by atoms with Crippen LogP contribution in [-0.2, 0) is 4.74 Å². The van der Waals surface area contributed by atoms with Crippen molar-refractivity contribution in [2.75, 3.05) is 18.0 Å². The van der Waals surface area contributed by atoms with Crippen LogP contribution in [0.1, 0.15) is 39.4 Å². The van der Waals surface area contributed by atoms with Gasteiger partial charge in [-0.25, -0.2) is 4.98 Å². The molecule has 1 N–H and O–H groups in total. The lowest BCUT2D eigenvalue weighted by atomic mass is 10.2. The SMILES string of the molecule is CC(C)c1nc(N2C[C@@H](C)O[C@@H](C)C2)cc(=O)[nH]1. The van der Waals surface area contributed by atoms with E-state index in [1.807, 2.05) is 27.7 Å².